The number of anilines is 1. The summed E-state index contributed by atoms with van der Waals surface area (Å²) in [4.78, 5) is 40.9. The van der Waals surface area contributed by atoms with E-state index < -0.39 is 24.0 Å². The number of nitrogens with one attached hydrogen (secondary N) is 2. The van der Waals surface area contributed by atoms with E-state index in [1.807, 2.05) is 50.2 Å². The quantitative estimate of drug-likeness (QED) is 0.405. The second-order valence-electron chi connectivity index (χ2n) is 8.81. The normalized spacial score (nSPS) is 13.1. The third-order valence-electron chi connectivity index (χ3n) is 6.07. The number of aryl methyl sites for hydroxylation is 1. The van der Waals surface area contributed by atoms with Crippen LogP contribution >= 0.6 is 11.3 Å². The van der Waals surface area contributed by atoms with Crippen molar-refractivity contribution in [1.29, 1.82) is 0 Å². The van der Waals surface area contributed by atoms with E-state index in [9.17, 15) is 14.4 Å². The maximum atomic E-state index is 12.7. The van der Waals surface area contributed by atoms with Crippen molar-refractivity contribution >= 4 is 34.4 Å². The van der Waals surface area contributed by atoms with Crippen LogP contribution in [0.25, 0.3) is 11.1 Å². The Bertz CT molecular complexity index is 1220. The van der Waals surface area contributed by atoms with Crippen LogP contribution in [0.1, 0.15) is 52.7 Å². The molecule has 0 aliphatic heterocycles. The lowest BCUT2D eigenvalue weighted by molar-refractivity contribution is -0.137. The molecule has 0 radical (unpaired) electrons. The topological polar surface area (TPSA) is 118 Å². The molecule has 9 heteroatoms. The standard InChI is InChI=1S/C26H27N3O5S/c1-14(2)21(12-22(30)31)28-24(32)23-15(3)27-25(35-23)29-26(33)34-13-20-18-10-6-4-8-16(18)17-9-5-7-11-19(17)20/h4-11,14,20-21H,12-13H2,1-3H3,(H,28,32)(H,30,31)(H,27,29,33)/t21-/m1/s1. The Kier molecular flexibility index (Phi) is 7.16. The zero-order valence-electron chi connectivity index (χ0n) is 19.7. The van der Waals surface area contributed by atoms with Gasteiger partial charge in [0.2, 0.25) is 0 Å². The first-order valence-corrected chi connectivity index (χ1v) is 12.2. The van der Waals surface area contributed by atoms with Gasteiger partial charge >= 0.3 is 12.1 Å². The summed E-state index contributed by atoms with van der Waals surface area (Å²) in [6.45, 7) is 5.52. The highest BCUT2D eigenvalue weighted by Crippen LogP contribution is 2.44. The van der Waals surface area contributed by atoms with Crippen molar-refractivity contribution in [2.75, 3.05) is 11.9 Å². The lowest BCUT2D eigenvalue weighted by atomic mass is 9.98. The third-order valence-corrected chi connectivity index (χ3v) is 7.14. The van der Waals surface area contributed by atoms with E-state index in [0.717, 1.165) is 33.6 Å². The van der Waals surface area contributed by atoms with Crippen molar-refractivity contribution in [1.82, 2.24) is 10.3 Å². The predicted molar refractivity (Wildman–Crippen MR) is 134 cm³/mol. The molecule has 0 unspecified atom stereocenters. The molecule has 0 fully saturated rings. The van der Waals surface area contributed by atoms with Crippen molar-refractivity contribution in [3.63, 3.8) is 0 Å². The number of rotatable bonds is 8. The minimum atomic E-state index is -0.984. The summed E-state index contributed by atoms with van der Waals surface area (Å²) in [5, 5.41) is 14.7. The van der Waals surface area contributed by atoms with Gasteiger partial charge in [0, 0.05) is 12.0 Å². The highest BCUT2D eigenvalue weighted by atomic mass is 32.1. The second-order valence-corrected chi connectivity index (χ2v) is 9.81. The number of aromatic nitrogens is 1. The van der Waals surface area contributed by atoms with Crippen LogP contribution in [0, 0.1) is 12.8 Å². The van der Waals surface area contributed by atoms with Gasteiger partial charge in [-0.3, -0.25) is 14.9 Å². The largest absolute Gasteiger partial charge is 0.481 e. The predicted octanol–water partition coefficient (Wildman–Crippen LogP) is 5.04. The second kappa shape index (κ2) is 10.3. The highest BCUT2D eigenvalue weighted by Gasteiger charge is 2.29. The molecule has 0 saturated carbocycles. The minimum Gasteiger partial charge on any atom is -0.481 e. The fourth-order valence-electron chi connectivity index (χ4n) is 4.26. The number of carboxylic acids is 1. The number of aliphatic carboxylic acids is 1. The number of carbonyl (C=O) groups is 3. The van der Waals surface area contributed by atoms with Crippen molar-refractivity contribution in [3.8, 4) is 11.1 Å². The number of nitrogens with zero attached hydrogens (tertiary/aromatic N) is 1. The number of amides is 2. The van der Waals surface area contributed by atoms with Crippen LogP contribution in [0.3, 0.4) is 0 Å². The van der Waals surface area contributed by atoms with Gasteiger partial charge in [-0.1, -0.05) is 73.7 Å². The van der Waals surface area contributed by atoms with E-state index in [-0.39, 0.29) is 30.0 Å². The van der Waals surface area contributed by atoms with Crippen LogP contribution in [0.15, 0.2) is 48.5 Å². The number of carbonyl (C=O) groups excluding carboxylic acids is 2. The smallest absolute Gasteiger partial charge is 0.413 e. The monoisotopic (exact) mass is 493 g/mol. The van der Waals surface area contributed by atoms with E-state index >= 15 is 0 Å². The van der Waals surface area contributed by atoms with Crippen LogP contribution in [-0.2, 0) is 9.53 Å². The maximum absolute atomic E-state index is 12.7. The molecule has 0 spiro atoms. The Morgan fingerprint density at radius 3 is 2.23 bits per heavy atom. The zero-order chi connectivity index (χ0) is 25.1. The minimum absolute atomic E-state index is 0.0540. The summed E-state index contributed by atoms with van der Waals surface area (Å²) in [5.74, 6) is -1.51. The summed E-state index contributed by atoms with van der Waals surface area (Å²) >= 11 is 1.02. The van der Waals surface area contributed by atoms with Gasteiger partial charge in [-0.25, -0.2) is 9.78 Å². The van der Waals surface area contributed by atoms with Crippen LogP contribution < -0.4 is 10.6 Å². The number of hydrogen-bond acceptors (Lipinski definition) is 6. The van der Waals surface area contributed by atoms with E-state index in [1.54, 1.807) is 6.92 Å². The van der Waals surface area contributed by atoms with Gasteiger partial charge in [0.1, 0.15) is 11.5 Å². The lowest BCUT2D eigenvalue weighted by Crippen LogP contribution is -2.40. The first-order valence-electron chi connectivity index (χ1n) is 11.4. The van der Waals surface area contributed by atoms with Crippen LogP contribution in [0.5, 0.6) is 0 Å². The lowest BCUT2D eigenvalue weighted by Gasteiger charge is -2.20. The van der Waals surface area contributed by atoms with Gasteiger partial charge in [0.25, 0.3) is 5.91 Å². The summed E-state index contributed by atoms with van der Waals surface area (Å²) in [6.07, 6.45) is -0.829. The average Bonchev–Trinajstić information content (AvgIpc) is 3.34. The first-order chi connectivity index (χ1) is 16.7. The van der Waals surface area contributed by atoms with E-state index in [0.29, 0.717) is 10.6 Å². The van der Waals surface area contributed by atoms with Crippen molar-refractivity contribution in [2.24, 2.45) is 5.92 Å². The summed E-state index contributed by atoms with van der Waals surface area (Å²) in [7, 11) is 0. The molecule has 0 saturated heterocycles. The zero-order valence-corrected chi connectivity index (χ0v) is 20.5. The Balaban J connectivity index is 1.40. The molecule has 1 heterocycles. The molecule has 8 nitrogen and oxygen atoms in total. The molecule has 1 aromatic heterocycles. The molecule has 3 N–H and O–H groups in total. The fraction of sp³-hybridized carbons (Fsp3) is 0.308. The molecular formula is C26H27N3O5S. The van der Waals surface area contributed by atoms with Crippen LogP contribution in [0.2, 0.25) is 0 Å². The van der Waals surface area contributed by atoms with Gasteiger partial charge in [-0.2, -0.15) is 0 Å². The van der Waals surface area contributed by atoms with E-state index in [1.165, 1.54) is 0 Å². The Morgan fingerprint density at radius 2 is 1.66 bits per heavy atom. The van der Waals surface area contributed by atoms with Crippen molar-refractivity contribution < 1.29 is 24.2 Å². The maximum Gasteiger partial charge on any atom is 0.413 e. The number of carboxylic acid groups (broad SMARTS) is 1. The molecule has 4 rings (SSSR count). The van der Waals surface area contributed by atoms with Crippen molar-refractivity contribution in [2.45, 2.75) is 39.2 Å². The fourth-order valence-corrected chi connectivity index (χ4v) is 5.11. The molecule has 1 atom stereocenters. The highest BCUT2D eigenvalue weighted by molar-refractivity contribution is 7.17. The molecular weight excluding hydrogens is 466 g/mol. The Labute approximate surface area is 207 Å². The van der Waals surface area contributed by atoms with Gasteiger partial charge in [0.05, 0.1) is 12.1 Å². The van der Waals surface area contributed by atoms with Gasteiger partial charge in [-0.05, 0) is 35.1 Å². The average molecular weight is 494 g/mol. The van der Waals surface area contributed by atoms with Gasteiger partial charge in [0.15, 0.2) is 5.13 Å². The third kappa shape index (κ3) is 5.35. The summed E-state index contributed by atoms with van der Waals surface area (Å²) < 4.78 is 5.54. The van der Waals surface area contributed by atoms with E-state index in [2.05, 4.69) is 27.8 Å². The SMILES string of the molecule is Cc1nc(NC(=O)OCC2c3ccccc3-c3ccccc32)sc1C(=O)N[C@H](CC(=O)O)C(C)C. The molecule has 2 amide bonds. The molecule has 182 valence electrons. The molecule has 1 aliphatic carbocycles. The Hall–Kier alpha value is -3.72. The van der Waals surface area contributed by atoms with Gasteiger partial charge in [-0.15, -0.1) is 0 Å². The number of fused-ring (bicyclic) bond motifs is 3. The van der Waals surface area contributed by atoms with E-state index in [4.69, 9.17) is 9.84 Å². The summed E-state index contributed by atoms with van der Waals surface area (Å²) in [5.41, 5.74) is 4.97. The number of thiazole rings is 1. The molecule has 1 aliphatic rings. The molecule has 0 bridgehead atoms. The number of ether oxygens (including phenoxy) is 1. The van der Waals surface area contributed by atoms with Crippen LogP contribution in [0.4, 0.5) is 9.93 Å². The molecule has 35 heavy (non-hydrogen) atoms. The Morgan fingerprint density at radius 1 is 1.06 bits per heavy atom. The van der Waals surface area contributed by atoms with Crippen molar-refractivity contribution in [3.05, 3.63) is 70.2 Å². The van der Waals surface area contributed by atoms with Crippen LogP contribution in [-0.4, -0.2) is 40.7 Å². The first kappa shape index (κ1) is 24.4. The molecule has 3 aromatic rings. The number of hydrogen-bond donors (Lipinski definition) is 3. The number of benzene rings is 2. The molecule has 2 aromatic carbocycles. The summed E-state index contributed by atoms with van der Waals surface area (Å²) in [6, 6.07) is 15.7. The van der Waals surface area contributed by atoms with Gasteiger partial charge < -0.3 is 15.2 Å².